The number of anilines is 2. The molecule has 0 spiro atoms. The third kappa shape index (κ3) is 4.37. The van der Waals surface area contributed by atoms with Crippen LogP contribution in [0.3, 0.4) is 0 Å². The molecule has 0 radical (unpaired) electrons. The van der Waals surface area contributed by atoms with E-state index in [1.54, 1.807) is 36.0 Å². The van der Waals surface area contributed by atoms with Gasteiger partial charge in [-0.3, -0.25) is 9.78 Å². The summed E-state index contributed by atoms with van der Waals surface area (Å²) >= 11 is 1.70. The van der Waals surface area contributed by atoms with Crippen LogP contribution in [0, 0.1) is 0 Å². The van der Waals surface area contributed by atoms with Crippen molar-refractivity contribution in [3.63, 3.8) is 0 Å². The lowest BCUT2D eigenvalue weighted by Gasteiger charge is -2.30. The fourth-order valence-electron chi connectivity index (χ4n) is 3.70. The summed E-state index contributed by atoms with van der Waals surface area (Å²) in [5, 5.41) is 8.38. The van der Waals surface area contributed by atoms with E-state index in [0.29, 0.717) is 17.2 Å². The normalized spacial score (nSPS) is 13.7. The maximum Gasteiger partial charge on any atom is 0.274 e. The van der Waals surface area contributed by atoms with E-state index in [1.165, 1.54) is 4.88 Å². The van der Waals surface area contributed by atoms with Crippen molar-refractivity contribution in [3.05, 3.63) is 78.2 Å². The predicted molar refractivity (Wildman–Crippen MR) is 128 cm³/mol. The summed E-state index contributed by atoms with van der Waals surface area (Å²) in [5.74, 6) is 0.233. The van der Waals surface area contributed by atoms with Crippen LogP contribution in [-0.2, 0) is 0 Å². The van der Waals surface area contributed by atoms with Crippen molar-refractivity contribution in [2.75, 3.05) is 36.4 Å². The smallest absolute Gasteiger partial charge is 0.274 e. The van der Waals surface area contributed by atoms with Gasteiger partial charge < -0.3 is 15.5 Å². The van der Waals surface area contributed by atoms with Gasteiger partial charge >= 0.3 is 0 Å². The number of amides is 1. The molecule has 0 aliphatic carbocycles. The van der Waals surface area contributed by atoms with Crippen molar-refractivity contribution in [1.82, 2.24) is 20.3 Å². The summed E-state index contributed by atoms with van der Waals surface area (Å²) in [4.78, 5) is 29.5. The van der Waals surface area contributed by atoms with Crippen LogP contribution < -0.4 is 15.5 Å². The second-order valence-electron chi connectivity index (χ2n) is 7.40. The third-order valence-corrected chi connectivity index (χ3v) is 6.26. The Morgan fingerprint density at radius 2 is 1.81 bits per heavy atom. The Labute approximate surface area is 190 Å². The summed E-state index contributed by atoms with van der Waals surface area (Å²) in [6, 6.07) is 15.7. The van der Waals surface area contributed by atoms with Crippen molar-refractivity contribution in [3.8, 4) is 21.8 Å². The van der Waals surface area contributed by atoms with E-state index in [9.17, 15) is 4.79 Å². The summed E-state index contributed by atoms with van der Waals surface area (Å²) in [6.07, 6.45) is 5.04. The molecule has 7 nitrogen and oxygen atoms in total. The van der Waals surface area contributed by atoms with Gasteiger partial charge in [-0.2, -0.15) is 0 Å². The number of nitrogens with one attached hydrogen (secondary N) is 2. The quantitative estimate of drug-likeness (QED) is 0.487. The van der Waals surface area contributed by atoms with Crippen LogP contribution in [0.15, 0.2) is 72.5 Å². The summed E-state index contributed by atoms with van der Waals surface area (Å²) in [6.45, 7) is 3.59. The van der Waals surface area contributed by atoms with Gasteiger partial charge in [-0.25, -0.2) is 9.97 Å². The summed E-state index contributed by atoms with van der Waals surface area (Å²) < 4.78 is 0. The van der Waals surface area contributed by atoms with Gasteiger partial charge in [0, 0.05) is 49.0 Å². The van der Waals surface area contributed by atoms with E-state index in [0.717, 1.165) is 43.0 Å². The molecule has 1 aromatic carbocycles. The van der Waals surface area contributed by atoms with Gasteiger partial charge in [-0.05, 0) is 29.1 Å². The first kappa shape index (κ1) is 20.3. The highest BCUT2D eigenvalue weighted by Crippen LogP contribution is 2.27. The fourth-order valence-corrected chi connectivity index (χ4v) is 4.43. The number of carbonyl (C=O) groups is 1. The van der Waals surface area contributed by atoms with Crippen molar-refractivity contribution in [2.24, 2.45) is 0 Å². The summed E-state index contributed by atoms with van der Waals surface area (Å²) in [7, 11) is 0. The molecule has 8 heteroatoms. The van der Waals surface area contributed by atoms with E-state index >= 15 is 0 Å². The highest BCUT2D eigenvalue weighted by atomic mass is 32.1. The highest BCUT2D eigenvalue weighted by Gasteiger charge is 2.17. The molecule has 0 bridgehead atoms. The SMILES string of the molecule is O=C(Nc1cnccc1N1CCNCC1)c1ccnc(-c2ccc(-c3cccs3)cc2)n1. The minimum Gasteiger partial charge on any atom is -0.367 e. The standard InChI is InChI=1S/C24H22N6OS/c31-24(29-20-16-26-9-8-21(20)30-13-11-25-12-14-30)19-7-10-27-23(28-19)18-5-3-17(4-6-18)22-2-1-15-32-22/h1-10,15-16,25H,11-14H2,(H,29,31). The monoisotopic (exact) mass is 442 g/mol. The van der Waals surface area contributed by atoms with Gasteiger partial charge in [0.05, 0.1) is 17.6 Å². The minimum absolute atomic E-state index is 0.284. The molecule has 1 amide bonds. The van der Waals surface area contributed by atoms with Crippen LogP contribution in [-0.4, -0.2) is 47.0 Å². The lowest BCUT2D eigenvalue weighted by Crippen LogP contribution is -2.43. The molecule has 2 N–H and O–H groups in total. The maximum atomic E-state index is 13.0. The zero-order valence-electron chi connectivity index (χ0n) is 17.4. The molecule has 1 fully saturated rings. The first-order valence-corrected chi connectivity index (χ1v) is 11.3. The van der Waals surface area contributed by atoms with Gasteiger partial charge in [-0.15, -0.1) is 11.3 Å². The molecule has 5 rings (SSSR count). The van der Waals surface area contributed by atoms with Crippen LogP contribution in [0.2, 0.25) is 0 Å². The minimum atomic E-state index is -0.284. The number of benzene rings is 1. The van der Waals surface area contributed by atoms with Gasteiger partial charge in [0.1, 0.15) is 5.69 Å². The topological polar surface area (TPSA) is 83.0 Å². The number of aromatic nitrogens is 3. The largest absolute Gasteiger partial charge is 0.367 e. The van der Waals surface area contributed by atoms with E-state index in [-0.39, 0.29) is 5.91 Å². The maximum absolute atomic E-state index is 13.0. The molecule has 0 atom stereocenters. The Kier molecular flexibility index (Phi) is 5.87. The van der Waals surface area contributed by atoms with Gasteiger partial charge in [0.15, 0.2) is 5.82 Å². The molecular weight excluding hydrogens is 420 g/mol. The molecule has 4 aromatic rings. The molecule has 1 aliphatic rings. The zero-order chi connectivity index (χ0) is 21.8. The van der Waals surface area contributed by atoms with Crippen LogP contribution in [0.4, 0.5) is 11.4 Å². The summed E-state index contributed by atoms with van der Waals surface area (Å²) in [5.41, 5.74) is 3.97. The van der Waals surface area contributed by atoms with E-state index in [1.807, 2.05) is 36.4 Å². The Balaban J connectivity index is 1.35. The average Bonchev–Trinajstić information content (AvgIpc) is 3.40. The molecule has 3 aromatic heterocycles. The highest BCUT2D eigenvalue weighted by molar-refractivity contribution is 7.13. The molecule has 1 aliphatic heterocycles. The number of pyridine rings is 1. The predicted octanol–water partition coefficient (Wildman–Crippen LogP) is 3.93. The first-order valence-electron chi connectivity index (χ1n) is 10.5. The molecular formula is C24H22N6OS. The Hall–Kier alpha value is -3.62. The number of nitrogens with zero attached hydrogens (tertiary/aromatic N) is 4. The van der Waals surface area contributed by atoms with Crippen LogP contribution in [0.5, 0.6) is 0 Å². The van der Waals surface area contributed by atoms with Gasteiger partial charge in [0.25, 0.3) is 5.91 Å². The van der Waals surface area contributed by atoms with Crippen molar-refractivity contribution < 1.29 is 4.79 Å². The number of piperazine rings is 1. The van der Waals surface area contributed by atoms with Gasteiger partial charge in [-0.1, -0.05) is 30.3 Å². The average molecular weight is 443 g/mol. The third-order valence-electron chi connectivity index (χ3n) is 5.34. The molecule has 0 unspecified atom stereocenters. The van der Waals surface area contributed by atoms with Crippen LogP contribution in [0.1, 0.15) is 10.5 Å². The van der Waals surface area contributed by atoms with Gasteiger partial charge in [0.2, 0.25) is 0 Å². The Morgan fingerprint density at radius 1 is 1.00 bits per heavy atom. The van der Waals surface area contributed by atoms with Crippen molar-refractivity contribution in [1.29, 1.82) is 0 Å². The Bertz CT molecular complexity index is 1200. The van der Waals surface area contributed by atoms with Crippen molar-refractivity contribution >= 4 is 28.6 Å². The number of thiophene rings is 1. The lowest BCUT2D eigenvalue weighted by molar-refractivity contribution is 0.102. The Morgan fingerprint density at radius 3 is 2.59 bits per heavy atom. The van der Waals surface area contributed by atoms with E-state index < -0.39 is 0 Å². The van der Waals surface area contributed by atoms with E-state index in [4.69, 9.17) is 0 Å². The molecule has 32 heavy (non-hydrogen) atoms. The van der Waals surface area contributed by atoms with Crippen molar-refractivity contribution in [2.45, 2.75) is 0 Å². The molecule has 1 saturated heterocycles. The molecule has 4 heterocycles. The lowest BCUT2D eigenvalue weighted by atomic mass is 10.1. The second-order valence-corrected chi connectivity index (χ2v) is 8.35. The van der Waals surface area contributed by atoms with Crippen LogP contribution in [0.25, 0.3) is 21.8 Å². The number of carbonyl (C=O) groups excluding carboxylic acids is 1. The fraction of sp³-hybridized carbons (Fsp3) is 0.167. The molecule has 160 valence electrons. The van der Waals surface area contributed by atoms with Crippen LogP contribution >= 0.6 is 11.3 Å². The number of hydrogen-bond donors (Lipinski definition) is 2. The zero-order valence-corrected chi connectivity index (χ0v) is 18.2. The number of rotatable bonds is 5. The first-order chi connectivity index (χ1) is 15.8. The number of hydrogen-bond acceptors (Lipinski definition) is 7. The second kappa shape index (κ2) is 9.25. The van der Waals surface area contributed by atoms with E-state index in [2.05, 4.69) is 41.9 Å². The molecule has 0 saturated carbocycles.